The average Bonchev–Trinajstić information content (AvgIpc) is 2.46. The second kappa shape index (κ2) is 10.1. The number of hydrogen-bond donors (Lipinski definition) is 2. The first kappa shape index (κ1) is 21.2. The Balaban J connectivity index is 0.00000484. The number of anilines is 1. The van der Waals surface area contributed by atoms with Gasteiger partial charge in [-0.1, -0.05) is 13.8 Å². The van der Waals surface area contributed by atoms with Gasteiger partial charge in [0.25, 0.3) is 0 Å². The lowest BCUT2D eigenvalue weighted by atomic mass is 10.0. The van der Waals surface area contributed by atoms with Gasteiger partial charge in [0.05, 0.1) is 13.2 Å². The molecule has 1 rings (SSSR count). The number of carbonyl (C=O) groups excluding carboxylic acids is 2. The number of methoxy groups -OCH3 is 1. The lowest BCUT2D eigenvalue weighted by Gasteiger charge is -2.16. The van der Waals surface area contributed by atoms with E-state index in [2.05, 4.69) is 10.1 Å². The van der Waals surface area contributed by atoms with E-state index in [9.17, 15) is 9.59 Å². The van der Waals surface area contributed by atoms with Crippen molar-refractivity contribution in [2.24, 2.45) is 11.7 Å². The van der Waals surface area contributed by atoms with Gasteiger partial charge in [-0.25, -0.2) is 4.79 Å². The van der Waals surface area contributed by atoms with E-state index in [4.69, 9.17) is 10.5 Å². The molecular formula is C16H25ClN2O4. The number of nitrogens with two attached hydrogens (primary N) is 1. The van der Waals surface area contributed by atoms with Crippen molar-refractivity contribution in [3.05, 3.63) is 23.8 Å². The van der Waals surface area contributed by atoms with Gasteiger partial charge in [-0.15, -0.1) is 12.4 Å². The van der Waals surface area contributed by atoms with E-state index in [-0.39, 0.29) is 24.9 Å². The quantitative estimate of drug-likeness (QED) is 0.740. The molecular weight excluding hydrogens is 320 g/mol. The molecule has 3 N–H and O–H groups in total. The Morgan fingerprint density at radius 1 is 1.30 bits per heavy atom. The number of carbonyl (C=O) groups is 2. The summed E-state index contributed by atoms with van der Waals surface area (Å²) < 4.78 is 9.79. The van der Waals surface area contributed by atoms with Gasteiger partial charge in [0, 0.05) is 5.69 Å². The maximum atomic E-state index is 12.0. The Morgan fingerprint density at radius 3 is 2.48 bits per heavy atom. The van der Waals surface area contributed by atoms with Gasteiger partial charge in [-0.2, -0.15) is 0 Å². The van der Waals surface area contributed by atoms with E-state index in [1.165, 1.54) is 7.11 Å². The molecule has 0 aliphatic rings. The van der Waals surface area contributed by atoms with Crippen LogP contribution < -0.4 is 15.8 Å². The second-order valence-corrected chi connectivity index (χ2v) is 5.57. The Morgan fingerprint density at radius 2 is 1.96 bits per heavy atom. The normalized spacial score (nSPS) is 11.4. The zero-order chi connectivity index (χ0) is 16.7. The fraction of sp³-hybridized carbons (Fsp3) is 0.500. The fourth-order valence-electron chi connectivity index (χ4n) is 1.91. The maximum Gasteiger partial charge on any atom is 0.343 e. The second-order valence-electron chi connectivity index (χ2n) is 5.57. The molecule has 23 heavy (non-hydrogen) atoms. The molecule has 0 aromatic heterocycles. The number of benzene rings is 1. The Labute approximate surface area is 143 Å². The zero-order valence-corrected chi connectivity index (χ0v) is 14.7. The van der Waals surface area contributed by atoms with Gasteiger partial charge in [-0.3, -0.25) is 4.79 Å². The molecule has 0 unspecified atom stereocenters. The summed E-state index contributed by atoms with van der Waals surface area (Å²) in [6.07, 6.45) is 0.630. The molecule has 1 aromatic rings. The Kier molecular flexibility index (Phi) is 9.29. The van der Waals surface area contributed by atoms with Crippen LogP contribution in [0.15, 0.2) is 18.2 Å². The van der Waals surface area contributed by atoms with Crippen molar-refractivity contribution < 1.29 is 19.1 Å². The molecule has 1 amide bonds. The van der Waals surface area contributed by atoms with Gasteiger partial charge >= 0.3 is 5.97 Å². The number of nitrogens with one attached hydrogen (secondary N) is 1. The van der Waals surface area contributed by atoms with Crippen LogP contribution in [0.4, 0.5) is 5.69 Å². The molecule has 0 aliphatic heterocycles. The van der Waals surface area contributed by atoms with Crippen molar-refractivity contribution in [3.8, 4) is 5.75 Å². The third kappa shape index (κ3) is 7.34. The predicted octanol–water partition coefficient (Wildman–Crippen LogP) is 2.28. The van der Waals surface area contributed by atoms with Crippen LogP contribution in [0, 0.1) is 12.8 Å². The average molecular weight is 345 g/mol. The number of amides is 1. The number of hydrogen-bond acceptors (Lipinski definition) is 5. The largest absolute Gasteiger partial charge is 0.482 e. The predicted molar refractivity (Wildman–Crippen MR) is 92.0 cm³/mol. The highest BCUT2D eigenvalue weighted by molar-refractivity contribution is 5.95. The zero-order valence-electron chi connectivity index (χ0n) is 13.9. The summed E-state index contributed by atoms with van der Waals surface area (Å²) in [4.78, 5) is 23.0. The van der Waals surface area contributed by atoms with Crippen LogP contribution in [-0.2, 0) is 14.3 Å². The number of esters is 1. The number of halogens is 1. The van der Waals surface area contributed by atoms with Crippen molar-refractivity contribution in [2.45, 2.75) is 33.2 Å². The van der Waals surface area contributed by atoms with Crippen molar-refractivity contribution in [3.63, 3.8) is 0 Å². The summed E-state index contributed by atoms with van der Waals surface area (Å²) in [7, 11) is 1.30. The van der Waals surface area contributed by atoms with Crippen LogP contribution in [0.5, 0.6) is 5.75 Å². The van der Waals surface area contributed by atoms with E-state index in [1.54, 1.807) is 18.2 Å². The van der Waals surface area contributed by atoms with E-state index in [0.717, 1.165) is 5.56 Å². The van der Waals surface area contributed by atoms with Crippen LogP contribution >= 0.6 is 12.4 Å². The summed E-state index contributed by atoms with van der Waals surface area (Å²) in [5.74, 6) is 0.234. The van der Waals surface area contributed by atoms with Gasteiger partial charge in [-0.05, 0) is 43.0 Å². The lowest BCUT2D eigenvalue weighted by molar-refractivity contribution is -0.142. The third-order valence-electron chi connectivity index (χ3n) is 3.10. The van der Waals surface area contributed by atoms with Gasteiger partial charge in [0.15, 0.2) is 6.61 Å². The molecule has 0 saturated heterocycles. The SMILES string of the molecule is COC(=O)COc1ccc(NC(=O)[C@@H](N)CC(C)C)c(C)c1.Cl. The molecule has 1 aromatic carbocycles. The minimum Gasteiger partial charge on any atom is -0.482 e. The van der Waals surface area contributed by atoms with Crippen LogP contribution in [-0.4, -0.2) is 31.6 Å². The van der Waals surface area contributed by atoms with Crippen LogP contribution in [0.25, 0.3) is 0 Å². The smallest absolute Gasteiger partial charge is 0.343 e. The van der Waals surface area contributed by atoms with Crippen LogP contribution in [0.1, 0.15) is 25.8 Å². The molecule has 0 radical (unpaired) electrons. The monoisotopic (exact) mass is 344 g/mol. The number of aryl methyl sites for hydroxylation is 1. The fourth-order valence-corrected chi connectivity index (χ4v) is 1.91. The highest BCUT2D eigenvalue weighted by Gasteiger charge is 2.16. The van der Waals surface area contributed by atoms with Crippen molar-refractivity contribution in [2.75, 3.05) is 19.0 Å². The number of ether oxygens (including phenoxy) is 2. The van der Waals surface area contributed by atoms with E-state index < -0.39 is 12.0 Å². The van der Waals surface area contributed by atoms with Crippen LogP contribution in [0.3, 0.4) is 0 Å². The number of rotatable bonds is 7. The Bertz CT molecular complexity index is 535. The molecule has 1 atom stereocenters. The molecule has 7 heteroatoms. The van der Waals surface area contributed by atoms with E-state index in [1.807, 2.05) is 20.8 Å². The van der Waals surface area contributed by atoms with E-state index in [0.29, 0.717) is 23.8 Å². The van der Waals surface area contributed by atoms with Crippen molar-refractivity contribution >= 4 is 30.0 Å². The highest BCUT2D eigenvalue weighted by atomic mass is 35.5. The molecule has 0 heterocycles. The first-order chi connectivity index (χ1) is 10.3. The maximum absolute atomic E-state index is 12.0. The van der Waals surface area contributed by atoms with Crippen molar-refractivity contribution in [1.29, 1.82) is 0 Å². The molecule has 130 valence electrons. The van der Waals surface area contributed by atoms with Gasteiger partial charge < -0.3 is 20.5 Å². The third-order valence-corrected chi connectivity index (χ3v) is 3.10. The first-order valence-electron chi connectivity index (χ1n) is 7.20. The molecule has 6 nitrogen and oxygen atoms in total. The Hall–Kier alpha value is -1.79. The minimum atomic E-state index is -0.533. The summed E-state index contributed by atoms with van der Waals surface area (Å²) in [5.41, 5.74) is 7.36. The standard InChI is InChI=1S/C16H24N2O4.ClH/c1-10(2)7-13(17)16(20)18-14-6-5-12(8-11(14)3)22-9-15(19)21-4;/h5-6,8,10,13H,7,9,17H2,1-4H3,(H,18,20);1H/t13-;/m0./s1. The summed E-state index contributed by atoms with van der Waals surface area (Å²) in [5, 5.41) is 2.81. The molecule has 0 bridgehead atoms. The van der Waals surface area contributed by atoms with Gasteiger partial charge in [0.1, 0.15) is 5.75 Å². The molecule has 0 spiro atoms. The summed E-state index contributed by atoms with van der Waals surface area (Å²) in [6.45, 7) is 5.73. The van der Waals surface area contributed by atoms with Crippen molar-refractivity contribution in [1.82, 2.24) is 0 Å². The molecule has 0 aliphatic carbocycles. The molecule has 0 fully saturated rings. The van der Waals surface area contributed by atoms with Crippen LogP contribution in [0.2, 0.25) is 0 Å². The van der Waals surface area contributed by atoms with Gasteiger partial charge in [0.2, 0.25) is 5.91 Å². The highest BCUT2D eigenvalue weighted by Crippen LogP contribution is 2.21. The summed E-state index contributed by atoms with van der Waals surface area (Å²) in [6, 6.07) is 4.61. The summed E-state index contributed by atoms with van der Waals surface area (Å²) >= 11 is 0. The minimum absolute atomic E-state index is 0. The van der Waals surface area contributed by atoms with E-state index >= 15 is 0 Å². The topological polar surface area (TPSA) is 90.6 Å². The first-order valence-corrected chi connectivity index (χ1v) is 7.20. The lowest BCUT2D eigenvalue weighted by Crippen LogP contribution is -2.36. The molecule has 0 saturated carbocycles.